The summed E-state index contributed by atoms with van der Waals surface area (Å²) >= 11 is 12.9. The first-order valence-corrected chi connectivity index (χ1v) is 8.00. The molecule has 1 aromatic heterocycles. The summed E-state index contributed by atoms with van der Waals surface area (Å²) in [6.07, 6.45) is 1.56. The van der Waals surface area contributed by atoms with Gasteiger partial charge in [0, 0.05) is 10.1 Å². The third-order valence-corrected chi connectivity index (χ3v) is 4.09. The molecule has 22 heavy (non-hydrogen) atoms. The second-order valence-electron chi connectivity index (χ2n) is 4.38. The van der Waals surface area contributed by atoms with Crippen LogP contribution in [0.2, 0.25) is 5.02 Å². The van der Waals surface area contributed by atoms with Crippen LogP contribution in [0.5, 0.6) is 0 Å². The monoisotopic (exact) mass is 357 g/mol. The van der Waals surface area contributed by atoms with Crippen molar-refractivity contribution in [1.82, 2.24) is 14.8 Å². The van der Waals surface area contributed by atoms with Gasteiger partial charge in [-0.3, -0.25) is 9.36 Å². The highest BCUT2D eigenvalue weighted by Gasteiger charge is 2.11. The minimum atomic E-state index is -0.400. The van der Waals surface area contributed by atoms with E-state index in [-0.39, 0.29) is 17.4 Å². The molecule has 0 aliphatic heterocycles. The summed E-state index contributed by atoms with van der Waals surface area (Å²) in [6.45, 7) is 5.38. The summed E-state index contributed by atoms with van der Waals surface area (Å²) in [5.41, 5.74) is 1.81. The average Bonchev–Trinajstić information content (AvgIpc) is 2.94. The van der Waals surface area contributed by atoms with Gasteiger partial charge in [-0.15, -0.1) is 10.2 Å². The van der Waals surface area contributed by atoms with E-state index in [1.54, 1.807) is 10.9 Å². The van der Waals surface area contributed by atoms with Crippen molar-refractivity contribution >= 4 is 40.9 Å². The number of carbonyl (C=O) groups excluding carboxylic acids is 1. The van der Waals surface area contributed by atoms with E-state index in [9.17, 15) is 4.79 Å². The molecule has 0 aliphatic rings. The van der Waals surface area contributed by atoms with Gasteiger partial charge in [0.2, 0.25) is 0 Å². The molecule has 8 heteroatoms. The topological polar surface area (TPSA) is 57.0 Å². The molecule has 0 atom stereocenters. The molecule has 0 spiro atoms. The number of nitrogens with zero attached hydrogens (tertiary/aromatic N) is 3. The number of carbonyl (C=O) groups is 1. The Bertz CT molecular complexity index is 703. The second-order valence-corrected chi connectivity index (χ2v) is 6.27. The second kappa shape index (κ2) is 7.67. The van der Waals surface area contributed by atoms with Gasteiger partial charge in [-0.2, -0.15) is 0 Å². The molecule has 116 valence electrons. The number of hydrogen-bond acceptors (Lipinski definition) is 5. The van der Waals surface area contributed by atoms with Gasteiger partial charge in [0.15, 0.2) is 5.16 Å². The van der Waals surface area contributed by atoms with Crippen molar-refractivity contribution in [3.63, 3.8) is 0 Å². The van der Waals surface area contributed by atoms with Crippen molar-refractivity contribution in [3.05, 3.63) is 46.7 Å². The Morgan fingerprint density at radius 1 is 1.50 bits per heavy atom. The zero-order chi connectivity index (χ0) is 16.1. The first kappa shape index (κ1) is 16.9. The Morgan fingerprint density at radius 3 is 2.95 bits per heavy atom. The highest BCUT2D eigenvalue weighted by atomic mass is 35.5. The molecular formula is C14H13Cl2N3O2S. The van der Waals surface area contributed by atoms with Gasteiger partial charge in [-0.25, -0.2) is 0 Å². The van der Waals surface area contributed by atoms with Gasteiger partial charge in [0.1, 0.15) is 12.9 Å². The number of thioether (sulfide) groups is 1. The lowest BCUT2D eigenvalue weighted by Gasteiger charge is -2.08. The van der Waals surface area contributed by atoms with Gasteiger partial charge in [0.25, 0.3) is 0 Å². The van der Waals surface area contributed by atoms with E-state index in [1.165, 1.54) is 11.8 Å². The summed E-state index contributed by atoms with van der Waals surface area (Å²) in [5.74, 6) is -0.300. The van der Waals surface area contributed by atoms with Crippen LogP contribution in [0.1, 0.15) is 5.56 Å². The maximum atomic E-state index is 11.6. The van der Waals surface area contributed by atoms with Crippen LogP contribution in [0.3, 0.4) is 0 Å². The normalized spacial score (nSPS) is 10.5. The number of rotatable bonds is 6. The van der Waals surface area contributed by atoms with Gasteiger partial charge in [-0.1, -0.05) is 47.6 Å². The molecule has 2 aromatic rings. The van der Waals surface area contributed by atoms with Crippen LogP contribution in [0.25, 0.3) is 5.69 Å². The third-order valence-electron chi connectivity index (χ3n) is 2.66. The van der Waals surface area contributed by atoms with Crippen molar-refractivity contribution < 1.29 is 9.53 Å². The van der Waals surface area contributed by atoms with Crippen LogP contribution in [0.4, 0.5) is 0 Å². The molecule has 0 saturated carbocycles. The Morgan fingerprint density at radius 2 is 2.27 bits per heavy atom. The summed E-state index contributed by atoms with van der Waals surface area (Å²) in [7, 11) is 0. The third kappa shape index (κ3) is 4.50. The lowest BCUT2D eigenvalue weighted by atomic mass is 10.2. The molecule has 5 nitrogen and oxygen atoms in total. The molecular weight excluding hydrogens is 345 g/mol. The standard InChI is InChI=1S/C14H13Cl2N3O2S/c1-9-3-4-11(5-12(9)16)19-8-17-18-14(19)22-7-13(20)21-6-10(2)15/h3-5,8H,2,6-7H2,1H3. The summed E-state index contributed by atoms with van der Waals surface area (Å²) in [6, 6.07) is 5.64. The van der Waals surface area contributed by atoms with E-state index in [2.05, 4.69) is 16.8 Å². The van der Waals surface area contributed by atoms with Crippen LogP contribution in [-0.2, 0) is 9.53 Å². The van der Waals surface area contributed by atoms with Crippen molar-refractivity contribution in [1.29, 1.82) is 0 Å². The van der Waals surface area contributed by atoms with Crippen LogP contribution in [-0.4, -0.2) is 33.1 Å². The van der Waals surface area contributed by atoms with Crippen LogP contribution in [0.15, 0.2) is 41.3 Å². The first-order chi connectivity index (χ1) is 10.5. The number of aryl methyl sites for hydroxylation is 1. The Kier molecular flexibility index (Phi) is 5.88. The lowest BCUT2D eigenvalue weighted by molar-refractivity contribution is -0.139. The maximum absolute atomic E-state index is 11.6. The smallest absolute Gasteiger partial charge is 0.316 e. The van der Waals surface area contributed by atoms with Crippen molar-refractivity contribution in [2.45, 2.75) is 12.1 Å². The summed E-state index contributed by atoms with van der Waals surface area (Å²) < 4.78 is 6.67. The molecule has 0 radical (unpaired) electrons. The Balaban J connectivity index is 2.05. The van der Waals surface area contributed by atoms with Crippen molar-refractivity contribution in [3.8, 4) is 5.69 Å². The maximum Gasteiger partial charge on any atom is 0.316 e. The molecule has 0 unspecified atom stereocenters. The minimum absolute atomic E-state index is 0.00120. The number of halogens is 2. The van der Waals surface area contributed by atoms with Crippen molar-refractivity contribution in [2.75, 3.05) is 12.4 Å². The Labute approximate surface area is 142 Å². The molecule has 0 fully saturated rings. The SMILES string of the molecule is C=C(Cl)COC(=O)CSc1nncn1-c1ccc(C)c(Cl)c1. The van der Waals surface area contributed by atoms with E-state index in [0.29, 0.717) is 10.2 Å². The number of aromatic nitrogens is 3. The molecule has 0 aliphatic carbocycles. The van der Waals surface area contributed by atoms with Crippen LogP contribution in [0, 0.1) is 6.92 Å². The molecule has 2 rings (SSSR count). The van der Waals surface area contributed by atoms with E-state index in [4.69, 9.17) is 27.9 Å². The largest absolute Gasteiger partial charge is 0.459 e. The highest BCUT2D eigenvalue weighted by Crippen LogP contribution is 2.23. The van der Waals surface area contributed by atoms with Crippen LogP contribution < -0.4 is 0 Å². The zero-order valence-electron chi connectivity index (χ0n) is 11.8. The zero-order valence-corrected chi connectivity index (χ0v) is 14.1. The van der Waals surface area contributed by atoms with Crippen molar-refractivity contribution in [2.24, 2.45) is 0 Å². The first-order valence-electron chi connectivity index (χ1n) is 6.25. The molecule has 1 heterocycles. The van der Waals surface area contributed by atoms with E-state index < -0.39 is 5.97 Å². The van der Waals surface area contributed by atoms with Gasteiger partial charge >= 0.3 is 5.97 Å². The number of hydrogen-bond donors (Lipinski definition) is 0. The summed E-state index contributed by atoms with van der Waals surface area (Å²) in [5, 5.41) is 9.36. The minimum Gasteiger partial charge on any atom is -0.459 e. The molecule has 0 bridgehead atoms. The van der Waals surface area contributed by atoms with Crippen LogP contribution >= 0.6 is 35.0 Å². The average molecular weight is 358 g/mol. The molecule has 0 N–H and O–H groups in total. The van der Waals surface area contributed by atoms with E-state index in [0.717, 1.165) is 11.3 Å². The molecule has 0 saturated heterocycles. The lowest BCUT2D eigenvalue weighted by Crippen LogP contribution is -2.09. The summed E-state index contributed by atoms with van der Waals surface area (Å²) in [4.78, 5) is 11.6. The number of ether oxygens (including phenoxy) is 1. The van der Waals surface area contributed by atoms with Gasteiger partial charge in [0.05, 0.1) is 11.4 Å². The quantitative estimate of drug-likeness (QED) is 0.583. The fourth-order valence-electron chi connectivity index (χ4n) is 1.56. The highest BCUT2D eigenvalue weighted by molar-refractivity contribution is 7.99. The fourth-order valence-corrected chi connectivity index (χ4v) is 2.51. The predicted octanol–water partition coefficient (Wildman–Crippen LogP) is 3.62. The van der Waals surface area contributed by atoms with Gasteiger partial charge < -0.3 is 4.74 Å². The van der Waals surface area contributed by atoms with E-state index in [1.807, 2.05) is 25.1 Å². The predicted molar refractivity (Wildman–Crippen MR) is 87.8 cm³/mol. The molecule has 0 amide bonds. The fraction of sp³-hybridized carbons (Fsp3) is 0.214. The van der Waals surface area contributed by atoms with Gasteiger partial charge in [-0.05, 0) is 24.6 Å². The Hall–Kier alpha value is -1.50. The van der Waals surface area contributed by atoms with E-state index >= 15 is 0 Å². The molecule has 1 aromatic carbocycles. The number of benzene rings is 1. The number of esters is 1.